The molecule has 1 unspecified atom stereocenters. The molecule has 1 aliphatic carbocycles. The Morgan fingerprint density at radius 3 is 3.08 bits per heavy atom. The van der Waals surface area contributed by atoms with E-state index in [4.69, 9.17) is 0 Å². The van der Waals surface area contributed by atoms with Crippen molar-refractivity contribution in [1.82, 2.24) is 0 Å². The minimum absolute atomic E-state index is 0.612. The zero-order valence-electron chi connectivity index (χ0n) is 7.31. The third-order valence-electron chi connectivity index (χ3n) is 2.66. The third kappa shape index (κ3) is 1.24. The van der Waals surface area contributed by atoms with Crippen molar-refractivity contribution in [2.45, 2.75) is 32.4 Å². The van der Waals surface area contributed by atoms with Gasteiger partial charge in [0.2, 0.25) is 0 Å². The molecule has 0 amide bonds. The predicted molar refractivity (Wildman–Crippen MR) is 48.1 cm³/mol. The maximum Gasteiger partial charge on any atom is 0.104 e. The molecule has 1 atom stereocenters. The topological polar surface area (TPSA) is 0 Å². The molecule has 0 aliphatic heterocycles. The fraction of sp³-hybridized carbons (Fsp3) is 0.455. The molecule has 12 heavy (non-hydrogen) atoms. The molecule has 1 heteroatoms. The second-order valence-electron chi connectivity index (χ2n) is 3.55. The van der Waals surface area contributed by atoms with Crippen molar-refractivity contribution >= 4 is 0 Å². The first kappa shape index (κ1) is 7.78. The lowest BCUT2D eigenvalue weighted by molar-refractivity contribution is 0.301. The molecule has 0 nitrogen and oxygen atoms in total. The number of rotatable bonds is 0. The SMILES string of the molecule is Cc1cccc2c1CCC(F)C2. The first-order valence-electron chi connectivity index (χ1n) is 4.49. The number of alkyl halides is 1. The normalized spacial score (nSPS) is 22.0. The molecular formula is C11H13F. The molecule has 2 rings (SSSR count). The summed E-state index contributed by atoms with van der Waals surface area (Å²) < 4.78 is 13.0. The fourth-order valence-electron chi connectivity index (χ4n) is 1.95. The summed E-state index contributed by atoms with van der Waals surface area (Å²) in [5.74, 6) is 0. The lowest BCUT2D eigenvalue weighted by Crippen LogP contribution is -2.15. The van der Waals surface area contributed by atoms with E-state index in [1.165, 1.54) is 16.7 Å². The lowest BCUT2D eigenvalue weighted by atomic mass is 9.88. The van der Waals surface area contributed by atoms with Crippen LogP contribution < -0.4 is 0 Å². The smallest absolute Gasteiger partial charge is 0.104 e. The number of fused-ring (bicyclic) bond motifs is 1. The van der Waals surface area contributed by atoms with Gasteiger partial charge in [-0.25, -0.2) is 4.39 Å². The van der Waals surface area contributed by atoms with Crippen LogP contribution >= 0.6 is 0 Å². The van der Waals surface area contributed by atoms with Gasteiger partial charge in [-0.15, -0.1) is 0 Å². The van der Waals surface area contributed by atoms with E-state index in [9.17, 15) is 4.39 Å². The van der Waals surface area contributed by atoms with Crippen LogP contribution in [0.2, 0.25) is 0 Å². The standard InChI is InChI=1S/C11H13F/c1-8-3-2-4-9-7-10(12)5-6-11(8)9/h2-4,10H,5-7H2,1H3. The molecule has 0 spiro atoms. The van der Waals surface area contributed by atoms with Gasteiger partial charge in [0, 0.05) is 6.42 Å². The molecule has 0 radical (unpaired) electrons. The van der Waals surface area contributed by atoms with Crippen LogP contribution in [0.4, 0.5) is 4.39 Å². The Bertz CT molecular complexity index is 291. The first-order valence-corrected chi connectivity index (χ1v) is 4.49. The molecule has 0 bridgehead atoms. The van der Waals surface area contributed by atoms with Crippen LogP contribution in [-0.2, 0) is 12.8 Å². The summed E-state index contributed by atoms with van der Waals surface area (Å²) in [6.45, 7) is 2.11. The van der Waals surface area contributed by atoms with E-state index >= 15 is 0 Å². The summed E-state index contributed by atoms with van der Waals surface area (Å²) in [6.07, 6.45) is 1.64. The highest BCUT2D eigenvalue weighted by molar-refractivity contribution is 5.36. The third-order valence-corrected chi connectivity index (χ3v) is 2.66. The Balaban J connectivity index is 2.42. The Hall–Kier alpha value is -0.850. The van der Waals surface area contributed by atoms with Gasteiger partial charge in [0.1, 0.15) is 6.17 Å². The number of hydrogen-bond acceptors (Lipinski definition) is 0. The van der Waals surface area contributed by atoms with Gasteiger partial charge in [0.05, 0.1) is 0 Å². The molecule has 0 N–H and O–H groups in total. The van der Waals surface area contributed by atoms with Crippen LogP contribution in [0.15, 0.2) is 18.2 Å². The molecule has 0 saturated carbocycles. The first-order chi connectivity index (χ1) is 5.77. The van der Waals surface area contributed by atoms with Crippen LogP contribution in [0.1, 0.15) is 23.1 Å². The lowest BCUT2D eigenvalue weighted by Gasteiger charge is -2.20. The average Bonchev–Trinajstić information content (AvgIpc) is 2.04. The van der Waals surface area contributed by atoms with Crippen molar-refractivity contribution in [2.24, 2.45) is 0 Å². The maximum atomic E-state index is 13.0. The van der Waals surface area contributed by atoms with Crippen LogP contribution in [0.25, 0.3) is 0 Å². The van der Waals surface area contributed by atoms with Gasteiger partial charge < -0.3 is 0 Å². The van der Waals surface area contributed by atoms with Crippen LogP contribution in [0.5, 0.6) is 0 Å². The van der Waals surface area contributed by atoms with E-state index in [-0.39, 0.29) is 0 Å². The number of aryl methyl sites for hydroxylation is 1. The minimum Gasteiger partial charge on any atom is -0.247 e. The number of halogens is 1. The van der Waals surface area contributed by atoms with Crippen molar-refractivity contribution in [1.29, 1.82) is 0 Å². The summed E-state index contributed by atoms with van der Waals surface area (Å²) in [4.78, 5) is 0. The van der Waals surface area contributed by atoms with E-state index in [2.05, 4.69) is 13.0 Å². The molecule has 0 aromatic heterocycles. The van der Waals surface area contributed by atoms with Crippen molar-refractivity contribution in [3.63, 3.8) is 0 Å². The van der Waals surface area contributed by atoms with Gasteiger partial charge in [0.15, 0.2) is 0 Å². The van der Waals surface area contributed by atoms with E-state index in [0.29, 0.717) is 12.8 Å². The minimum atomic E-state index is -0.612. The zero-order valence-corrected chi connectivity index (χ0v) is 7.31. The summed E-state index contributed by atoms with van der Waals surface area (Å²) in [7, 11) is 0. The predicted octanol–water partition coefficient (Wildman–Crippen LogP) is 2.82. The van der Waals surface area contributed by atoms with Gasteiger partial charge >= 0.3 is 0 Å². The largest absolute Gasteiger partial charge is 0.247 e. The highest BCUT2D eigenvalue weighted by Gasteiger charge is 2.18. The maximum absolute atomic E-state index is 13.0. The van der Waals surface area contributed by atoms with Crippen molar-refractivity contribution in [2.75, 3.05) is 0 Å². The van der Waals surface area contributed by atoms with Gasteiger partial charge in [-0.3, -0.25) is 0 Å². The van der Waals surface area contributed by atoms with E-state index < -0.39 is 6.17 Å². The van der Waals surface area contributed by atoms with Crippen LogP contribution in [0.3, 0.4) is 0 Å². The summed E-state index contributed by atoms with van der Waals surface area (Å²) in [5.41, 5.74) is 3.92. The monoisotopic (exact) mass is 164 g/mol. The number of hydrogen-bond donors (Lipinski definition) is 0. The molecule has 0 fully saturated rings. The van der Waals surface area contributed by atoms with E-state index in [0.717, 1.165) is 6.42 Å². The molecular weight excluding hydrogens is 151 g/mol. The second kappa shape index (κ2) is 2.89. The van der Waals surface area contributed by atoms with Crippen molar-refractivity contribution < 1.29 is 4.39 Å². The molecule has 1 aromatic carbocycles. The second-order valence-corrected chi connectivity index (χ2v) is 3.55. The molecule has 0 saturated heterocycles. The molecule has 1 aromatic rings. The Morgan fingerprint density at radius 1 is 1.42 bits per heavy atom. The molecule has 1 aliphatic rings. The van der Waals surface area contributed by atoms with Crippen molar-refractivity contribution in [3.05, 3.63) is 34.9 Å². The van der Waals surface area contributed by atoms with Gasteiger partial charge in [-0.1, -0.05) is 18.2 Å². The Morgan fingerprint density at radius 2 is 2.25 bits per heavy atom. The van der Waals surface area contributed by atoms with Crippen LogP contribution in [-0.4, -0.2) is 6.17 Å². The molecule has 64 valence electrons. The van der Waals surface area contributed by atoms with Gasteiger partial charge in [-0.05, 0) is 36.5 Å². The quantitative estimate of drug-likeness (QED) is 0.553. The van der Waals surface area contributed by atoms with Crippen molar-refractivity contribution in [3.8, 4) is 0 Å². The summed E-state index contributed by atoms with van der Waals surface area (Å²) in [5, 5.41) is 0. The zero-order chi connectivity index (χ0) is 8.55. The highest BCUT2D eigenvalue weighted by Crippen LogP contribution is 2.25. The van der Waals surface area contributed by atoms with Crippen LogP contribution in [0, 0.1) is 6.92 Å². The van der Waals surface area contributed by atoms with Gasteiger partial charge in [0.25, 0.3) is 0 Å². The Kier molecular flexibility index (Phi) is 1.87. The van der Waals surface area contributed by atoms with E-state index in [1.807, 2.05) is 12.1 Å². The fourth-order valence-corrected chi connectivity index (χ4v) is 1.95. The van der Waals surface area contributed by atoms with Gasteiger partial charge in [-0.2, -0.15) is 0 Å². The summed E-state index contributed by atoms with van der Waals surface area (Å²) in [6, 6.07) is 6.18. The Labute approximate surface area is 72.4 Å². The highest BCUT2D eigenvalue weighted by atomic mass is 19.1. The summed E-state index contributed by atoms with van der Waals surface area (Å²) >= 11 is 0. The average molecular weight is 164 g/mol. The number of benzene rings is 1. The van der Waals surface area contributed by atoms with E-state index in [1.54, 1.807) is 0 Å². The molecule has 0 heterocycles.